The fraction of sp³-hybridized carbons (Fsp3) is 0.333. The highest BCUT2D eigenvalue weighted by Crippen LogP contribution is 2.38. The Hall–Kier alpha value is -3.07. The lowest BCUT2D eigenvalue weighted by Gasteiger charge is -2.23. The van der Waals surface area contributed by atoms with Crippen molar-refractivity contribution >= 4 is 34.2 Å². The van der Waals surface area contributed by atoms with Gasteiger partial charge in [-0.15, -0.1) is 11.3 Å². The second-order valence-corrected chi connectivity index (χ2v) is 6.71. The van der Waals surface area contributed by atoms with Crippen LogP contribution in [-0.4, -0.2) is 39.7 Å². The van der Waals surface area contributed by atoms with Crippen molar-refractivity contribution in [1.29, 1.82) is 5.26 Å². The highest BCUT2D eigenvalue weighted by Gasteiger charge is 2.35. The first kappa shape index (κ1) is 18.7. The van der Waals surface area contributed by atoms with Crippen LogP contribution in [0.5, 0.6) is 0 Å². The minimum absolute atomic E-state index is 0.0995. The molecule has 3 heterocycles. The van der Waals surface area contributed by atoms with Gasteiger partial charge in [-0.2, -0.15) is 23.4 Å². The van der Waals surface area contributed by atoms with Crippen molar-refractivity contribution in [2.45, 2.75) is 19.1 Å². The van der Waals surface area contributed by atoms with Gasteiger partial charge in [0.25, 0.3) is 0 Å². The molecule has 27 heavy (non-hydrogen) atoms. The van der Waals surface area contributed by atoms with Crippen LogP contribution in [0.25, 0.3) is 0 Å². The van der Waals surface area contributed by atoms with E-state index in [4.69, 9.17) is 5.11 Å². The van der Waals surface area contributed by atoms with E-state index in [9.17, 15) is 23.2 Å². The minimum atomic E-state index is -4.60. The summed E-state index contributed by atoms with van der Waals surface area (Å²) < 4.78 is 38.8. The Morgan fingerprint density at radius 1 is 1.48 bits per heavy atom. The lowest BCUT2D eigenvalue weighted by molar-refractivity contribution is -0.137. The summed E-state index contributed by atoms with van der Waals surface area (Å²) in [6.07, 6.45) is -4.60. The molecule has 0 saturated heterocycles. The number of nitriles is 1. The number of alkyl halides is 3. The van der Waals surface area contributed by atoms with Crippen LogP contribution < -0.4 is 10.6 Å². The summed E-state index contributed by atoms with van der Waals surface area (Å²) in [7, 11) is 1.31. The normalized spacial score (nSPS) is 13.7. The lowest BCUT2D eigenvalue weighted by Crippen LogP contribution is -2.34. The molecule has 0 saturated carbocycles. The topological polar surface area (TPSA) is 114 Å². The predicted octanol–water partition coefficient (Wildman–Crippen LogP) is 3.25. The Labute approximate surface area is 155 Å². The van der Waals surface area contributed by atoms with Crippen molar-refractivity contribution in [1.82, 2.24) is 14.9 Å². The molecule has 8 nitrogen and oxygen atoms in total. The Bertz CT molecular complexity index is 937. The Morgan fingerprint density at radius 2 is 2.22 bits per heavy atom. The molecule has 0 spiro atoms. The molecule has 0 aliphatic carbocycles. The third-order valence-corrected chi connectivity index (χ3v) is 5.13. The molecule has 1 aliphatic rings. The van der Waals surface area contributed by atoms with Crippen molar-refractivity contribution in [3.63, 3.8) is 0 Å². The van der Waals surface area contributed by atoms with Crippen molar-refractivity contribution in [2.75, 3.05) is 24.2 Å². The van der Waals surface area contributed by atoms with E-state index in [1.807, 2.05) is 0 Å². The van der Waals surface area contributed by atoms with E-state index in [0.29, 0.717) is 28.1 Å². The third kappa shape index (κ3) is 3.59. The van der Waals surface area contributed by atoms with Crippen LogP contribution in [0.2, 0.25) is 0 Å². The molecule has 142 valence electrons. The van der Waals surface area contributed by atoms with Gasteiger partial charge < -0.3 is 20.6 Å². The van der Waals surface area contributed by atoms with Crippen molar-refractivity contribution in [2.24, 2.45) is 0 Å². The number of carboxylic acid groups (broad SMARTS) is 1. The van der Waals surface area contributed by atoms with Crippen LogP contribution in [0.15, 0.2) is 6.20 Å². The predicted molar refractivity (Wildman–Crippen MR) is 91.0 cm³/mol. The fourth-order valence-electron chi connectivity index (χ4n) is 2.71. The van der Waals surface area contributed by atoms with E-state index >= 15 is 0 Å². The van der Waals surface area contributed by atoms with Gasteiger partial charge in [-0.3, -0.25) is 0 Å². The summed E-state index contributed by atoms with van der Waals surface area (Å²) in [6.45, 7) is 0.426. The van der Waals surface area contributed by atoms with Crippen LogP contribution in [0, 0.1) is 11.3 Å². The highest BCUT2D eigenvalue weighted by molar-refractivity contribution is 7.16. The van der Waals surface area contributed by atoms with Crippen LogP contribution in [0.4, 0.5) is 34.7 Å². The molecule has 0 bridgehead atoms. The van der Waals surface area contributed by atoms with Crippen LogP contribution in [0.3, 0.4) is 0 Å². The Balaban J connectivity index is 1.93. The van der Waals surface area contributed by atoms with Crippen molar-refractivity contribution in [3.05, 3.63) is 27.8 Å². The summed E-state index contributed by atoms with van der Waals surface area (Å²) in [6, 6.07) is 2.06. The van der Waals surface area contributed by atoms with Gasteiger partial charge in [0.1, 0.15) is 22.5 Å². The van der Waals surface area contributed by atoms with E-state index in [2.05, 4.69) is 26.7 Å². The maximum atomic E-state index is 12.9. The van der Waals surface area contributed by atoms with Crippen molar-refractivity contribution in [3.8, 4) is 6.07 Å². The second-order valence-electron chi connectivity index (χ2n) is 5.60. The number of anilines is 3. The molecule has 2 aromatic rings. The number of hydrogen-bond donors (Lipinski definition) is 3. The van der Waals surface area contributed by atoms with E-state index < -0.39 is 23.7 Å². The van der Waals surface area contributed by atoms with Gasteiger partial charge in [-0.1, -0.05) is 0 Å². The zero-order valence-corrected chi connectivity index (χ0v) is 14.7. The number of carbonyl (C=O) groups is 1. The monoisotopic (exact) mass is 398 g/mol. The van der Waals surface area contributed by atoms with Gasteiger partial charge >= 0.3 is 12.3 Å². The summed E-state index contributed by atoms with van der Waals surface area (Å²) in [4.78, 5) is 20.6. The number of nitrogens with one attached hydrogen (secondary N) is 2. The standard InChI is InChI=1S/C15H13F3N6O2S/c1-20-11-9(15(16,17)18)5-21-13(22-11)23-12-8(4-19)7-2-3-24(14(25)26)6-10(7)27-12/h5H,2-3,6H2,1H3,(H,25,26)(H2,20,21,22,23). The maximum absolute atomic E-state index is 12.9. The maximum Gasteiger partial charge on any atom is 0.421 e. The largest absolute Gasteiger partial charge is 0.465 e. The summed E-state index contributed by atoms with van der Waals surface area (Å²) in [5.41, 5.74) is 0.0661. The summed E-state index contributed by atoms with van der Waals surface area (Å²) in [5, 5.41) is 24.1. The Kier molecular flexibility index (Phi) is 4.79. The van der Waals surface area contributed by atoms with Gasteiger partial charge in [-0.05, 0) is 12.0 Å². The zero-order valence-electron chi connectivity index (χ0n) is 13.9. The first-order chi connectivity index (χ1) is 12.7. The van der Waals surface area contributed by atoms with Gasteiger partial charge in [0.05, 0.1) is 12.1 Å². The first-order valence-electron chi connectivity index (χ1n) is 7.66. The third-order valence-electron chi connectivity index (χ3n) is 4.00. The number of fused-ring (bicyclic) bond motifs is 1. The second kappa shape index (κ2) is 6.92. The van der Waals surface area contributed by atoms with Crippen molar-refractivity contribution < 1.29 is 23.1 Å². The van der Waals surface area contributed by atoms with E-state index in [1.165, 1.54) is 11.9 Å². The van der Waals surface area contributed by atoms with Gasteiger partial charge in [0.2, 0.25) is 5.95 Å². The number of thiophene rings is 1. The molecule has 2 aromatic heterocycles. The van der Waals surface area contributed by atoms with E-state index in [1.54, 1.807) is 0 Å². The summed E-state index contributed by atoms with van der Waals surface area (Å²) >= 11 is 1.16. The summed E-state index contributed by atoms with van der Waals surface area (Å²) in [5.74, 6) is -0.491. The number of nitrogens with zero attached hydrogens (tertiary/aromatic N) is 4. The Morgan fingerprint density at radius 3 is 2.81 bits per heavy atom. The fourth-order valence-corrected chi connectivity index (χ4v) is 3.92. The number of amides is 1. The lowest BCUT2D eigenvalue weighted by atomic mass is 10.0. The number of halogens is 3. The molecule has 3 rings (SSSR count). The molecule has 0 unspecified atom stereocenters. The molecule has 1 aliphatic heterocycles. The molecule has 0 atom stereocenters. The molecule has 3 N–H and O–H groups in total. The van der Waals surface area contributed by atoms with Crippen LogP contribution >= 0.6 is 11.3 Å². The minimum Gasteiger partial charge on any atom is -0.465 e. The zero-order chi connectivity index (χ0) is 19.8. The average molecular weight is 398 g/mol. The molecule has 12 heteroatoms. The molecule has 0 aromatic carbocycles. The first-order valence-corrected chi connectivity index (χ1v) is 8.47. The molecule has 0 radical (unpaired) electrons. The quantitative estimate of drug-likeness (QED) is 0.727. The smallest absolute Gasteiger partial charge is 0.421 e. The highest BCUT2D eigenvalue weighted by atomic mass is 32.1. The van der Waals surface area contributed by atoms with Gasteiger partial charge in [-0.25, -0.2) is 9.78 Å². The van der Waals surface area contributed by atoms with Gasteiger partial charge in [0.15, 0.2) is 0 Å². The average Bonchev–Trinajstić information content (AvgIpc) is 2.96. The number of hydrogen-bond acceptors (Lipinski definition) is 7. The molecule has 1 amide bonds. The molecule has 0 fully saturated rings. The number of rotatable bonds is 3. The van der Waals surface area contributed by atoms with E-state index in [-0.39, 0.29) is 19.0 Å². The van der Waals surface area contributed by atoms with E-state index in [0.717, 1.165) is 16.9 Å². The van der Waals surface area contributed by atoms with Crippen LogP contribution in [-0.2, 0) is 19.1 Å². The van der Waals surface area contributed by atoms with Gasteiger partial charge in [0, 0.05) is 24.7 Å². The SMILES string of the molecule is CNc1nc(Nc2sc3c(c2C#N)CCN(C(=O)O)C3)ncc1C(F)(F)F. The molecular formula is C15H13F3N6O2S. The number of aromatic nitrogens is 2. The molecular weight excluding hydrogens is 385 g/mol. The van der Waals surface area contributed by atoms with Crippen LogP contribution in [0.1, 0.15) is 21.6 Å².